The number of piperidine rings is 1. The van der Waals surface area contributed by atoms with Gasteiger partial charge in [-0.3, -0.25) is 9.78 Å². The monoisotopic (exact) mass is 613 g/mol. The average Bonchev–Trinajstić information content (AvgIpc) is 3.60. The molecule has 2 aliphatic carbocycles. The number of amides is 1. The maximum absolute atomic E-state index is 15.0. The van der Waals surface area contributed by atoms with Crippen LogP contribution in [0.2, 0.25) is 0 Å². The van der Waals surface area contributed by atoms with Crippen molar-refractivity contribution in [3.8, 4) is 17.2 Å². The molecule has 1 aromatic heterocycles. The van der Waals surface area contributed by atoms with Crippen LogP contribution in [0.3, 0.4) is 0 Å². The molecule has 3 aromatic rings. The van der Waals surface area contributed by atoms with Crippen LogP contribution in [0.25, 0.3) is 0 Å². The smallest absolute Gasteiger partial charge is 0.268 e. The average molecular weight is 614 g/mol. The quantitative estimate of drug-likeness (QED) is 0.296. The summed E-state index contributed by atoms with van der Waals surface area (Å²) in [6, 6.07) is 11.6. The lowest BCUT2D eigenvalue weighted by molar-refractivity contribution is 0.0976. The van der Waals surface area contributed by atoms with Crippen molar-refractivity contribution in [2.24, 2.45) is 11.8 Å². The molecule has 2 heterocycles. The topological polar surface area (TPSA) is 116 Å². The summed E-state index contributed by atoms with van der Waals surface area (Å²) in [6.07, 6.45) is 5.62. The van der Waals surface area contributed by atoms with E-state index in [0.29, 0.717) is 48.1 Å². The van der Waals surface area contributed by atoms with Crippen molar-refractivity contribution >= 4 is 15.9 Å². The van der Waals surface area contributed by atoms with Gasteiger partial charge < -0.3 is 19.5 Å². The van der Waals surface area contributed by atoms with Crippen molar-refractivity contribution in [2.75, 3.05) is 13.2 Å². The van der Waals surface area contributed by atoms with Crippen LogP contribution in [0.1, 0.15) is 61.2 Å². The van der Waals surface area contributed by atoms with Gasteiger partial charge in [-0.25, -0.2) is 17.5 Å². The summed E-state index contributed by atoms with van der Waals surface area (Å²) in [6.45, 7) is 3.35. The summed E-state index contributed by atoms with van der Waals surface area (Å²) in [5.74, 6) is -2.53. The van der Waals surface area contributed by atoms with Gasteiger partial charge in [0.2, 0.25) is 5.82 Å². The van der Waals surface area contributed by atoms with Gasteiger partial charge >= 0.3 is 0 Å². The van der Waals surface area contributed by atoms with Crippen LogP contribution in [0.4, 0.5) is 8.78 Å². The van der Waals surface area contributed by atoms with E-state index >= 15 is 8.78 Å². The van der Waals surface area contributed by atoms with Gasteiger partial charge in [-0.15, -0.1) is 0 Å². The molecule has 2 saturated carbocycles. The first-order valence-electron chi connectivity index (χ1n) is 14.5. The number of rotatable bonds is 12. The largest absolute Gasteiger partial charge is 0.492 e. The third-order valence-electron chi connectivity index (χ3n) is 8.15. The van der Waals surface area contributed by atoms with E-state index in [4.69, 9.17) is 14.2 Å². The fourth-order valence-electron chi connectivity index (χ4n) is 5.51. The molecule has 0 radical (unpaired) electrons. The van der Waals surface area contributed by atoms with Crippen molar-refractivity contribution in [1.29, 1.82) is 0 Å². The van der Waals surface area contributed by atoms with Crippen LogP contribution in [-0.2, 0) is 10.0 Å². The summed E-state index contributed by atoms with van der Waals surface area (Å²) >= 11 is 0. The second-order valence-electron chi connectivity index (χ2n) is 11.3. The number of sulfonamides is 1. The van der Waals surface area contributed by atoms with E-state index in [-0.39, 0.29) is 11.0 Å². The van der Waals surface area contributed by atoms with Crippen LogP contribution < -0.4 is 24.2 Å². The number of carbonyl (C=O) groups is 1. The van der Waals surface area contributed by atoms with Crippen molar-refractivity contribution < 1.29 is 36.2 Å². The number of carbonyl (C=O) groups excluding carboxylic acids is 1. The highest BCUT2D eigenvalue weighted by molar-refractivity contribution is 7.90. The predicted octanol–water partition coefficient (Wildman–Crippen LogP) is 4.93. The number of nitrogens with one attached hydrogen (secondary N) is 2. The molecular weight excluding hydrogens is 580 g/mol. The fraction of sp³-hybridized carbons (Fsp3) is 0.419. The van der Waals surface area contributed by atoms with E-state index in [9.17, 15) is 13.2 Å². The van der Waals surface area contributed by atoms with Crippen molar-refractivity contribution in [3.05, 3.63) is 77.6 Å². The van der Waals surface area contributed by atoms with Gasteiger partial charge in [-0.05, 0) is 86.6 Å². The molecule has 4 atom stereocenters. The van der Waals surface area contributed by atoms with Gasteiger partial charge in [-0.1, -0.05) is 6.92 Å². The first kappa shape index (κ1) is 29.3. The number of aromatic nitrogens is 1. The lowest BCUT2D eigenvalue weighted by Crippen LogP contribution is -2.35. The third kappa shape index (κ3) is 6.59. The minimum atomic E-state index is -4.37. The SMILES string of the molecule is CC[C@@H](Oc1ccc(C(=O)NS(=O)(=O)c2ccc(OC3CC4CC3CN4)cc2)c(F)c1F)c1ccc(OCC2CC2)cn1. The van der Waals surface area contributed by atoms with E-state index in [2.05, 4.69) is 10.3 Å². The number of fused-ring (bicyclic) bond motifs is 2. The van der Waals surface area contributed by atoms with Gasteiger partial charge in [0.05, 0.1) is 29.0 Å². The zero-order chi connectivity index (χ0) is 30.1. The molecule has 2 N–H and O–H groups in total. The van der Waals surface area contributed by atoms with Crippen LogP contribution in [-0.4, -0.2) is 44.6 Å². The minimum Gasteiger partial charge on any atom is -0.492 e. The molecule has 3 aliphatic rings. The lowest BCUT2D eigenvalue weighted by atomic mass is 10.1. The van der Waals surface area contributed by atoms with Crippen LogP contribution in [0.15, 0.2) is 59.6 Å². The summed E-state index contributed by atoms with van der Waals surface area (Å²) < 4.78 is 74.9. The zero-order valence-corrected chi connectivity index (χ0v) is 24.4. The Morgan fingerprint density at radius 1 is 1.05 bits per heavy atom. The van der Waals surface area contributed by atoms with Crippen molar-refractivity contribution in [3.63, 3.8) is 0 Å². The molecule has 6 rings (SSSR count). The third-order valence-corrected chi connectivity index (χ3v) is 9.50. The normalized spacial score (nSPS) is 21.8. The highest BCUT2D eigenvalue weighted by Crippen LogP contribution is 2.35. The Morgan fingerprint density at radius 2 is 1.81 bits per heavy atom. The second kappa shape index (κ2) is 12.1. The van der Waals surface area contributed by atoms with Gasteiger partial charge in [0.1, 0.15) is 23.7 Å². The summed E-state index contributed by atoms with van der Waals surface area (Å²) in [5.41, 5.74) is -0.278. The Bertz CT molecular complexity index is 1580. The Labute approximate surface area is 249 Å². The summed E-state index contributed by atoms with van der Waals surface area (Å²) in [7, 11) is -4.37. The number of hydrogen-bond donors (Lipinski definition) is 2. The van der Waals surface area contributed by atoms with Gasteiger partial charge in [0.25, 0.3) is 15.9 Å². The molecule has 9 nitrogen and oxygen atoms in total. The molecule has 1 amide bonds. The van der Waals surface area contributed by atoms with Crippen LogP contribution in [0, 0.1) is 23.5 Å². The number of ether oxygens (including phenoxy) is 3. The van der Waals surface area contributed by atoms with E-state index in [1.165, 1.54) is 37.1 Å². The summed E-state index contributed by atoms with van der Waals surface area (Å²) in [4.78, 5) is 16.9. The molecule has 0 spiro atoms. The molecule has 228 valence electrons. The first-order chi connectivity index (χ1) is 20.7. The van der Waals surface area contributed by atoms with E-state index in [0.717, 1.165) is 31.5 Å². The Kier molecular flexibility index (Phi) is 8.23. The fourth-order valence-corrected chi connectivity index (χ4v) is 6.47. The second-order valence-corrected chi connectivity index (χ2v) is 13.0. The minimum absolute atomic E-state index is 0.0684. The molecule has 1 saturated heterocycles. The molecule has 43 heavy (non-hydrogen) atoms. The van der Waals surface area contributed by atoms with Gasteiger partial charge in [0, 0.05) is 18.5 Å². The maximum atomic E-state index is 15.0. The van der Waals surface area contributed by atoms with E-state index in [1.807, 2.05) is 4.72 Å². The first-order valence-corrected chi connectivity index (χ1v) is 16.0. The molecule has 3 unspecified atom stereocenters. The maximum Gasteiger partial charge on any atom is 0.268 e. The predicted molar refractivity (Wildman–Crippen MR) is 152 cm³/mol. The number of benzene rings is 2. The molecule has 2 aromatic carbocycles. The lowest BCUT2D eigenvalue weighted by Gasteiger charge is -2.23. The van der Waals surface area contributed by atoms with E-state index < -0.39 is 45.0 Å². The standard InChI is InChI=1S/C31H33F2N3O6S/c1-2-26(25-11-7-22(16-35-25)40-17-18-3-4-18)42-27-12-10-24(29(32)30(27)33)31(37)36-43(38,39)23-8-5-21(6-9-23)41-28-14-20-13-19(28)15-34-20/h5-12,16,18-20,26,28,34H,2-4,13-15,17H2,1H3,(H,36,37)/t19?,20?,26-,28?/m1/s1. The van der Waals surface area contributed by atoms with Gasteiger partial charge in [0.15, 0.2) is 11.6 Å². The van der Waals surface area contributed by atoms with Crippen molar-refractivity contribution in [1.82, 2.24) is 15.0 Å². The van der Waals surface area contributed by atoms with Crippen LogP contribution in [0.5, 0.6) is 17.2 Å². The van der Waals surface area contributed by atoms with Crippen molar-refractivity contribution in [2.45, 2.75) is 62.2 Å². The summed E-state index contributed by atoms with van der Waals surface area (Å²) in [5, 5.41) is 3.41. The molecule has 12 heteroatoms. The molecule has 2 bridgehead atoms. The van der Waals surface area contributed by atoms with E-state index in [1.54, 1.807) is 25.3 Å². The molecule has 1 aliphatic heterocycles. The number of pyridine rings is 1. The zero-order valence-electron chi connectivity index (χ0n) is 23.6. The van der Waals surface area contributed by atoms with Gasteiger partial charge in [-0.2, -0.15) is 4.39 Å². The highest BCUT2D eigenvalue weighted by Gasteiger charge is 2.40. The molecule has 3 fully saturated rings. The Morgan fingerprint density at radius 3 is 2.44 bits per heavy atom. The number of halogens is 2. The Hall–Kier alpha value is -3.77. The molecular formula is C31H33F2N3O6S. The number of nitrogens with zero attached hydrogens (tertiary/aromatic N) is 1. The Balaban J connectivity index is 1.09. The number of hydrogen-bond acceptors (Lipinski definition) is 8. The van der Waals surface area contributed by atoms with Crippen LogP contribution >= 0.6 is 0 Å². The highest BCUT2D eigenvalue weighted by atomic mass is 32.2.